The summed E-state index contributed by atoms with van der Waals surface area (Å²) in [4.78, 5) is 10.7. The molecule has 0 saturated carbocycles. The van der Waals surface area contributed by atoms with Crippen molar-refractivity contribution in [2.75, 3.05) is 5.43 Å². The Balaban J connectivity index is 0.00000363. The third kappa shape index (κ3) is 6.27. The number of nitrogens with zero attached hydrogens (tertiary/aromatic N) is 3. The van der Waals surface area contributed by atoms with Crippen LogP contribution in [0, 0.1) is 0 Å². The van der Waals surface area contributed by atoms with Crippen LogP contribution in [-0.2, 0) is 29.6 Å². The maximum absolute atomic E-state index is 12.0. The van der Waals surface area contributed by atoms with Crippen LogP contribution in [0.5, 0.6) is 5.75 Å². The first-order valence-electron chi connectivity index (χ1n) is 8.66. The van der Waals surface area contributed by atoms with Crippen molar-refractivity contribution < 1.29 is 47.5 Å². The molecule has 10 nitrogen and oxygen atoms in total. The van der Waals surface area contributed by atoms with Crippen molar-refractivity contribution in [3.63, 3.8) is 0 Å². The standard InChI is InChI=1S/C20H16N4O6S.Zn/c25-18-11-10-14(31(28,29)30)12-17(18)22-24-19(13-6-2-1-3-7-13)23-21-16-9-5-4-8-15(16)20(26)27;/h1-12,22,25H,(H,26,27)(H,28,29,30);/q;+2/p-2. The summed E-state index contributed by atoms with van der Waals surface area (Å²) in [6.07, 6.45) is 0. The number of benzene rings is 3. The molecule has 0 aliphatic rings. The first-order valence-corrected chi connectivity index (χ1v) is 10.1. The minimum absolute atomic E-state index is 0. The van der Waals surface area contributed by atoms with E-state index in [0.29, 0.717) is 5.56 Å². The van der Waals surface area contributed by atoms with Crippen molar-refractivity contribution in [3.8, 4) is 5.75 Å². The molecule has 0 amide bonds. The monoisotopic (exact) mass is 502 g/mol. The van der Waals surface area contributed by atoms with Gasteiger partial charge in [-0.25, -0.2) is 13.2 Å². The molecule has 0 spiro atoms. The molecule has 0 aliphatic heterocycles. The molecule has 0 heterocycles. The van der Waals surface area contributed by atoms with Gasteiger partial charge in [-0.15, -0.1) is 10.2 Å². The Morgan fingerprint density at radius 3 is 2.28 bits per heavy atom. The molecule has 0 saturated heterocycles. The first kappa shape index (κ1) is 24.8. The molecule has 0 atom stereocenters. The summed E-state index contributed by atoms with van der Waals surface area (Å²) in [7, 11) is -4.77. The SMILES string of the molecule is O=C(O)c1ccccc1N=NC(=NNc1cc(S(=O)(=O)[O-])ccc1[O-])c1ccccc1.[Zn+2]. The maximum atomic E-state index is 12.0. The van der Waals surface area contributed by atoms with E-state index in [0.717, 1.165) is 18.2 Å². The molecule has 0 unspecified atom stereocenters. The predicted octanol–water partition coefficient (Wildman–Crippen LogP) is 2.92. The van der Waals surface area contributed by atoms with Gasteiger partial charge in [0.25, 0.3) is 0 Å². The number of hydrazone groups is 1. The van der Waals surface area contributed by atoms with Gasteiger partial charge < -0.3 is 14.8 Å². The molecule has 3 aromatic rings. The van der Waals surface area contributed by atoms with Gasteiger partial charge in [0.15, 0.2) is 0 Å². The van der Waals surface area contributed by atoms with E-state index in [2.05, 4.69) is 20.8 Å². The minimum atomic E-state index is -4.77. The summed E-state index contributed by atoms with van der Waals surface area (Å²) in [5.74, 6) is -1.80. The Kier molecular flexibility index (Phi) is 8.30. The van der Waals surface area contributed by atoms with Crippen molar-refractivity contribution in [3.05, 3.63) is 83.9 Å². The fourth-order valence-electron chi connectivity index (χ4n) is 2.44. The van der Waals surface area contributed by atoms with E-state index in [-0.39, 0.29) is 42.3 Å². The van der Waals surface area contributed by atoms with Gasteiger partial charge in [-0.2, -0.15) is 5.10 Å². The van der Waals surface area contributed by atoms with Gasteiger partial charge in [0, 0.05) is 11.3 Å². The number of nitrogens with one attached hydrogen (secondary N) is 1. The number of carboxylic acids is 1. The van der Waals surface area contributed by atoms with Gasteiger partial charge in [-0.05, 0) is 24.3 Å². The van der Waals surface area contributed by atoms with E-state index in [1.54, 1.807) is 42.5 Å². The molecule has 0 aliphatic carbocycles. The van der Waals surface area contributed by atoms with Gasteiger partial charge in [0.05, 0.1) is 10.5 Å². The number of anilines is 1. The second kappa shape index (κ2) is 10.7. The number of azo groups is 1. The van der Waals surface area contributed by atoms with Crippen LogP contribution in [0.2, 0.25) is 0 Å². The number of carboxylic acid groups (broad SMARTS) is 1. The summed E-state index contributed by atoms with van der Waals surface area (Å²) in [5.41, 5.74) is 2.64. The van der Waals surface area contributed by atoms with E-state index >= 15 is 0 Å². The average Bonchev–Trinajstić information content (AvgIpc) is 2.75. The molecular weight excluding hydrogens is 490 g/mol. The molecule has 2 N–H and O–H groups in total. The molecule has 158 valence electrons. The third-order valence-electron chi connectivity index (χ3n) is 3.94. The summed E-state index contributed by atoms with van der Waals surface area (Å²) < 4.78 is 33.6. The first-order chi connectivity index (χ1) is 14.8. The molecule has 0 radical (unpaired) electrons. The van der Waals surface area contributed by atoms with Crippen molar-refractivity contribution >= 4 is 33.3 Å². The van der Waals surface area contributed by atoms with Crippen LogP contribution in [0.4, 0.5) is 11.4 Å². The van der Waals surface area contributed by atoms with E-state index in [4.69, 9.17) is 0 Å². The molecular formula is C20H14N4O6SZn. The van der Waals surface area contributed by atoms with Crippen LogP contribution in [0.15, 0.2) is 93.0 Å². The Morgan fingerprint density at radius 2 is 1.62 bits per heavy atom. The van der Waals surface area contributed by atoms with Crippen molar-refractivity contribution in [1.29, 1.82) is 0 Å². The number of aromatic carboxylic acids is 1. The van der Waals surface area contributed by atoms with Crippen LogP contribution in [0.3, 0.4) is 0 Å². The Bertz CT molecular complexity index is 1280. The quantitative estimate of drug-likeness (QED) is 0.130. The fraction of sp³-hybridized carbons (Fsp3) is 0. The van der Waals surface area contributed by atoms with Crippen LogP contribution >= 0.6 is 0 Å². The number of hydrogen-bond donors (Lipinski definition) is 2. The average molecular weight is 504 g/mol. The van der Waals surface area contributed by atoms with Gasteiger partial charge >= 0.3 is 25.4 Å². The number of rotatable bonds is 6. The molecule has 3 rings (SSSR count). The summed E-state index contributed by atoms with van der Waals surface area (Å²) in [6.45, 7) is 0. The summed E-state index contributed by atoms with van der Waals surface area (Å²) in [5, 5.41) is 33.2. The molecule has 0 fully saturated rings. The van der Waals surface area contributed by atoms with Gasteiger partial charge in [-0.1, -0.05) is 54.3 Å². The van der Waals surface area contributed by atoms with Gasteiger partial charge in [0.1, 0.15) is 15.8 Å². The van der Waals surface area contributed by atoms with Crippen molar-refractivity contribution in [2.45, 2.75) is 4.90 Å². The molecule has 3 aromatic carbocycles. The number of hydrogen-bond acceptors (Lipinski definition) is 8. The fourth-order valence-corrected chi connectivity index (χ4v) is 2.94. The predicted molar refractivity (Wildman–Crippen MR) is 108 cm³/mol. The second-order valence-electron chi connectivity index (χ2n) is 6.05. The number of carbonyl (C=O) groups is 1. The van der Waals surface area contributed by atoms with Crippen molar-refractivity contribution in [1.82, 2.24) is 0 Å². The van der Waals surface area contributed by atoms with Crippen LogP contribution in [-0.4, -0.2) is 29.9 Å². The Labute approximate surface area is 195 Å². The molecule has 12 heteroatoms. The van der Waals surface area contributed by atoms with Crippen molar-refractivity contribution in [2.24, 2.45) is 15.3 Å². The molecule has 32 heavy (non-hydrogen) atoms. The van der Waals surface area contributed by atoms with Crippen LogP contribution in [0.25, 0.3) is 0 Å². The normalized spacial score (nSPS) is 11.7. The van der Waals surface area contributed by atoms with E-state index in [1.807, 2.05) is 0 Å². The van der Waals surface area contributed by atoms with E-state index in [9.17, 15) is 28.0 Å². The van der Waals surface area contributed by atoms with Crippen LogP contribution in [0.1, 0.15) is 15.9 Å². The Morgan fingerprint density at radius 1 is 0.969 bits per heavy atom. The molecule has 0 bridgehead atoms. The second-order valence-corrected chi connectivity index (χ2v) is 7.43. The van der Waals surface area contributed by atoms with E-state index < -0.39 is 26.7 Å². The summed E-state index contributed by atoms with van der Waals surface area (Å²) in [6, 6.07) is 17.1. The number of amidine groups is 1. The largest absolute Gasteiger partial charge is 2.00 e. The minimum Gasteiger partial charge on any atom is -0.871 e. The third-order valence-corrected chi connectivity index (χ3v) is 4.77. The van der Waals surface area contributed by atoms with Gasteiger partial charge in [0.2, 0.25) is 5.84 Å². The maximum Gasteiger partial charge on any atom is 2.00 e. The zero-order valence-corrected chi connectivity index (χ0v) is 20.2. The zero-order chi connectivity index (χ0) is 22.4. The zero-order valence-electron chi connectivity index (χ0n) is 16.4. The summed E-state index contributed by atoms with van der Waals surface area (Å²) >= 11 is 0. The topological polar surface area (TPSA) is 167 Å². The molecule has 0 aromatic heterocycles. The van der Waals surface area contributed by atoms with Crippen LogP contribution < -0.4 is 10.5 Å². The smallest absolute Gasteiger partial charge is 0.871 e. The Hall–Kier alpha value is -3.47. The van der Waals surface area contributed by atoms with E-state index in [1.165, 1.54) is 12.1 Å². The van der Waals surface area contributed by atoms with Gasteiger partial charge in [-0.3, -0.25) is 5.43 Å².